The average Bonchev–Trinajstić information content (AvgIpc) is 2.19. The molecule has 0 aromatic heterocycles. The predicted octanol–water partition coefficient (Wildman–Crippen LogP) is 3.00. The van der Waals surface area contributed by atoms with Crippen molar-refractivity contribution in [1.29, 1.82) is 0 Å². The molecule has 1 aromatic carbocycles. The average molecular weight is 177 g/mol. The molecule has 0 unspecified atom stereocenters. The van der Waals surface area contributed by atoms with E-state index in [1.807, 2.05) is 0 Å². The van der Waals surface area contributed by atoms with E-state index in [9.17, 15) is 5.11 Å². The summed E-state index contributed by atoms with van der Waals surface area (Å²) >= 11 is 0. The fourth-order valence-electron chi connectivity index (χ4n) is 1.37. The van der Waals surface area contributed by atoms with Crippen molar-refractivity contribution < 1.29 is 5.11 Å². The van der Waals surface area contributed by atoms with Gasteiger partial charge in [-0.25, -0.2) is 5.11 Å². The van der Waals surface area contributed by atoms with Crippen LogP contribution >= 0.6 is 0 Å². The van der Waals surface area contributed by atoms with Crippen molar-refractivity contribution in [2.45, 2.75) is 32.6 Å². The summed E-state index contributed by atoms with van der Waals surface area (Å²) in [5, 5.41) is 10.2. The van der Waals surface area contributed by atoms with Crippen LogP contribution in [0, 0.1) is 0 Å². The second-order valence-corrected chi connectivity index (χ2v) is 3.33. The van der Waals surface area contributed by atoms with E-state index in [0.29, 0.717) is 0 Å². The highest BCUT2D eigenvalue weighted by Crippen LogP contribution is 2.08. The van der Waals surface area contributed by atoms with E-state index in [2.05, 4.69) is 31.2 Å². The summed E-state index contributed by atoms with van der Waals surface area (Å²) in [6, 6.07) is 8.69. The summed E-state index contributed by atoms with van der Waals surface area (Å²) in [6.07, 6.45) is 3.97. The highest BCUT2D eigenvalue weighted by molar-refractivity contribution is 5.22. The van der Waals surface area contributed by atoms with Gasteiger partial charge in [-0.2, -0.15) is 0 Å². The van der Waals surface area contributed by atoms with E-state index in [0.717, 1.165) is 25.7 Å². The molecule has 1 nitrogen and oxygen atoms in total. The highest BCUT2D eigenvalue weighted by Gasteiger charge is 1.93. The van der Waals surface area contributed by atoms with Crippen LogP contribution in [0.15, 0.2) is 24.3 Å². The second kappa shape index (κ2) is 5.76. The fourth-order valence-corrected chi connectivity index (χ4v) is 1.37. The first-order chi connectivity index (χ1) is 6.36. The molecule has 1 aromatic rings. The molecule has 0 aliphatic carbocycles. The zero-order valence-electron chi connectivity index (χ0n) is 8.25. The molecule has 71 valence electrons. The van der Waals surface area contributed by atoms with Crippen LogP contribution in [0.3, 0.4) is 0 Å². The Morgan fingerprint density at radius 1 is 1.00 bits per heavy atom. The predicted molar refractivity (Wildman–Crippen MR) is 54.3 cm³/mol. The minimum Gasteiger partial charge on any atom is -0.237 e. The van der Waals surface area contributed by atoms with Crippen molar-refractivity contribution >= 4 is 0 Å². The van der Waals surface area contributed by atoms with E-state index >= 15 is 0 Å². The number of hydrogen-bond donors (Lipinski definition) is 0. The number of rotatable bonds is 5. The molecule has 0 spiro atoms. The van der Waals surface area contributed by atoms with Crippen molar-refractivity contribution in [3.63, 3.8) is 0 Å². The van der Waals surface area contributed by atoms with Gasteiger partial charge >= 0.3 is 0 Å². The van der Waals surface area contributed by atoms with Crippen molar-refractivity contribution in [2.75, 3.05) is 6.61 Å². The zero-order chi connectivity index (χ0) is 9.52. The first kappa shape index (κ1) is 10.3. The molecule has 0 atom stereocenters. The van der Waals surface area contributed by atoms with Gasteiger partial charge < -0.3 is 0 Å². The van der Waals surface area contributed by atoms with Crippen LogP contribution in [-0.2, 0) is 17.9 Å². The number of hydrogen-bond acceptors (Lipinski definition) is 0. The maximum absolute atomic E-state index is 10.2. The Hall–Kier alpha value is -0.820. The van der Waals surface area contributed by atoms with E-state index in [4.69, 9.17) is 0 Å². The van der Waals surface area contributed by atoms with E-state index in [1.54, 1.807) is 0 Å². The maximum Gasteiger partial charge on any atom is 0.0822 e. The molecule has 13 heavy (non-hydrogen) atoms. The first-order valence-electron chi connectivity index (χ1n) is 5.02. The Balaban J connectivity index is 2.40. The van der Waals surface area contributed by atoms with Crippen LogP contribution < -0.4 is 0 Å². The largest absolute Gasteiger partial charge is 0.237 e. The van der Waals surface area contributed by atoms with Gasteiger partial charge in [0.1, 0.15) is 0 Å². The van der Waals surface area contributed by atoms with Crippen LogP contribution in [0.25, 0.3) is 0 Å². The second-order valence-electron chi connectivity index (χ2n) is 3.33. The van der Waals surface area contributed by atoms with Crippen molar-refractivity contribution in [2.24, 2.45) is 0 Å². The smallest absolute Gasteiger partial charge is 0.0822 e. The summed E-state index contributed by atoms with van der Waals surface area (Å²) in [4.78, 5) is 0. The van der Waals surface area contributed by atoms with Crippen LogP contribution in [0.4, 0.5) is 0 Å². The van der Waals surface area contributed by atoms with Gasteiger partial charge in [-0.3, -0.25) is 0 Å². The van der Waals surface area contributed by atoms with Gasteiger partial charge in [-0.15, -0.1) is 0 Å². The molecule has 0 saturated carbocycles. The van der Waals surface area contributed by atoms with E-state index in [-0.39, 0.29) is 6.61 Å². The molecule has 0 amide bonds. The number of aryl methyl sites for hydroxylation is 2. The Kier molecular flexibility index (Phi) is 4.55. The van der Waals surface area contributed by atoms with Gasteiger partial charge in [0, 0.05) is 0 Å². The third kappa shape index (κ3) is 3.60. The lowest BCUT2D eigenvalue weighted by atomic mass is 10.1. The van der Waals surface area contributed by atoms with Gasteiger partial charge in [-0.05, 0) is 36.8 Å². The maximum atomic E-state index is 10.2. The molecule has 0 aliphatic heterocycles. The number of unbranched alkanes of at least 4 members (excludes halogenated alkanes) is 1. The van der Waals surface area contributed by atoms with Gasteiger partial charge in [-0.1, -0.05) is 31.2 Å². The van der Waals surface area contributed by atoms with Crippen LogP contribution in [0.5, 0.6) is 0 Å². The monoisotopic (exact) mass is 177 g/mol. The van der Waals surface area contributed by atoms with Gasteiger partial charge in [0.15, 0.2) is 0 Å². The molecule has 1 rings (SSSR count). The summed E-state index contributed by atoms with van der Waals surface area (Å²) < 4.78 is 0. The normalized spacial score (nSPS) is 10.3. The molecular weight excluding hydrogens is 160 g/mol. The molecule has 0 N–H and O–H groups in total. The molecule has 0 bridgehead atoms. The Morgan fingerprint density at radius 2 is 1.62 bits per heavy atom. The summed E-state index contributed by atoms with van der Waals surface area (Å²) in [5.41, 5.74) is 2.73. The molecule has 1 radical (unpaired) electrons. The summed E-state index contributed by atoms with van der Waals surface area (Å²) in [5.74, 6) is 0. The first-order valence-corrected chi connectivity index (χ1v) is 5.02. The molecular formula is C12H17O. The van der Waals surface area contributed by atoms with Crippen LogP contribution in [0.2, 0.25) is 0 Å². The minimum absolute atomic E-state index is 0.0625. The standard InChI is InChI=1S/C12H17O/c1-2-11-6-8-12(9-7-11)5-3-4-10-13/h6-9H,2-5,10H2,1H3. The molecule has 0 saturated heterocycles. The van der Waals surface area contributed by atoms with Crippen LogP contribution in [0.1, 0.15) is 30.9 Å². The Bertz CT molecular complexity index is 225. The Morgan fingerprint density at radius 3 is 2.15 bits per heavy atom. The lowest BCUT2D eigenvalue weighted by molar-refractivity contribution is 0.187. The highest BCUT2D eigenvalue weighted by atomic mass is 16.2. The lowest BCUT2D eigenvalue weighted by Gasteiger charge is -2.01. The van der Waals surface area contributed by atoms with Gasteiger partial charge in [0.2, 0.25) is 0 Å². The van der Waals surface area contributed by atoms with Gasteiger partial charge in [0.25, 0.3) is 0 Å². The van der Waals surface area contributed by atoms with Crippen LogP contribution in [-0.4, -0.2) is 6.61 Å². The zero-order valence-corrected chi connectivity index (χ0v) is 8.25. The summed E-state index contributed by atoms with van der Waals surface area (Å²) in [7, 11) is 0. The summed E-state index contributed by atoms with van der Waals surface area (Å²) in [6.45, 7) is 2.22. The number of benzene rings is 1. The van der Waals surface area contributed by atoms with Crippen molar-refractivity contribution in [3.8, 4) is 0 Å². The third-order valence-corrected chi connectivity index (χ3v) is 2.29. The van der Waals surface area contributed by atoms with Crippen molar-refractivity contribution in [3.05, 3.63) is 35.4 Å². The van der Waals surface area contributed by atoms with Crippen molar-refractivity contribution in [1.82, 2.24) is 0 Å². The minimum atomic E-state index is 0.0625. The quantitative estimate of drug-likeness (QED) is 0.616. The Labute approximate surface area is 80.4 Å². The molecule has 0 heterocycles. The van der Waals surface area contributed by atoms with E-state index in [1.165, 1.54) is 11.1 Å². The fraction of sp³-hybridized carbons (Fsp3) is 0.500. The SMILES string of the molecule is CCc1ccc(CCCC[O])cc1. The lowest BCUT2D eigenvalue weighted by Crippen LogP contribution is -1.88. The third-order valence-electron chi connectivity index (χ3n) is 2.29. The molecule has 0 fully saturated rings. The molecule has 1 heteroatoms. The molecule has 0 aliphatic rings. The topological polar surface area (TPSA) is 19.9 Å². The van der Waals surface area contributed by atoms with Gasteiger partial charge in [0.05, 0.1) is 6.61 Å². The van der Waals surface area contributed by atoms with E-state index < -0.39 is 0 Å².